The van der Waals surface area contributed by atoms with E-state index >= 15 is 0 Å². The predicted molar refractivity (Wildman–Crippen MR) is 70.0 cm³/mol. The van der Waals surface area contributed by atoms with Crippen LogP contribution in [-0.4, -0.2) is 43.8 Å². The minimum Gasteiger partial charge on any atom is -0.376 e. The van der Waals surface area contributed by atoms with Gasteiger partial charge in [-0.05, 0) is 31.0 Å². The van der Waals surface area contributed by atoms with E-state index in [2.05, 4.69) is 4.90 Å². The number of hydrogen-bond donors (Lipinski definition) is 1. The van der Waals surface area contributed by atoms with Crippen LogP contribution in [0.4, 0.5) is 4.39 Å². The zero-order chi connectivity index (χ0) is 12.8. The summed E-state index contributed by atoms with van der Waals surface area (Å²) in [4.78, 5) is 2.33. The lowest BCUT2D eigenvalue weighted by Crippen LogP contribution is -2.43. The number of nitrogens with two attached hydrogens (primary N) is 1. The molecule has 0 bridgehead atoms. The Morgan fingerprint density at radius 3 is 3.00 bits per heavy atom. The Morgan fingerprint density at radius 2 is 2.22 bits per heavy atom. The molecule has 0 aromatic heterocycles. The normalized spacial score (nSPS) is 21.1. The van der Waals surface area contributed by atoms with Crippen LogP contribution in [0, 0.1) is 5.82 Å². The largest absolute Gasteiger partial charge is 0.376 e. The van der Waals surface area contributed by atoms with Gasteiger partial charge >= 0.3 is 0 Å². The van der Waals surface area contributed by atoms with E-state index in [9.17, 15) is 4.39 Å². The maximum Gasteiger partial charge on any atom is 0.126 e. The Kier molecular flexibility index (Phi) is 5.11. The Morgan fingerprint density at radius 1 is 1.39 bits per heavy atom. The van der Waals surface area contributed by atoms with Gasteiger partial charge in [-0.3, -0.25) is 4.90 Å². The molecular formula is C14H21FN2O. The second kappa shape index (κ2) is 6.83. The average molecular weight is 252 g/mol. The number of halogens is 1. The fourth-order valence-electron chi connectivity index (χ4n) is 2.32. The smallest absolute Gasteiger partial charge is 0.126 e. The SMILES string of the molecule is NCCC1CN(CCc2ccccc2F)CCO1. The van der Waals surface area contributed by atoms with Crippen LogP contribution in [0.3, 0.4) is 0 Å². The molecule has 0 saturated carbocycles. The van der Waals surface area contributed by atoms with E-state index < -0.39 is 0 Å². The first kappa shape index (κ1) is 13.5. The summed E-state index contributed by atoms with van der Waals surface area (Å²) >= 11 is 0. The van der Waals surface area contributed by atoms with E-state index in [-0.39, 0.29) is 11.9 Å². The monoisotopic (exact) mass is 252 g/mol. The third kappa shape index (κ3) is 3.77. The Balaban J connectivity index is 1.81. The summed E-state index contributed by atoms with van der Waals surface area (Å²) in [6, 6.07) is 6.98. The van der Waals surface area contributed by atoms with Gasteiger partial charge < -0.3 is 10.5 Å². The minimum atomic E-state index is -0.107. The van der Waals surface area contributed by atoms with Crippen LogP contribution in [0.15, 0.2) is 24.3 Å². The third-order valence-corrected chi connectivity index (χ3v) is 3.37. The number of rotatable bonds is 5. The molecule has 1 aromatic carbocycles. The van der Waals surface area contributed by atoms with Crippen LogP contribution < -0.4 is 5.73 Å². The molecule has 1 atom stereocenters. The number of benzene rings is 1. The molecule has 1 heterocycles. The summed E-state index contributed by atoms with van der Waals surface area (Å²) in [7, 11) is 0. The van der Waals surface area contributed by atoms with Crippen molar-refractivity contribution in [3.8, 4) is 0 Å². The quantitative estimate of drug-likeness (QED) is 0.861. The maximum atomic E-state index is 13.5. The van der Waals surface area contributed by atoms with Crippen molar-refractivity contribution in [2.75, 3.05) is 32.8 Å². The molecule has 0 amide bonds. The molecule has 3 nitrogen and oxygen atoms in total. The highest BCUT2D eigenvalue weighted by molar-refractivity contribution is 5.17. The molecule has 1 aliphatic rings. The standard InChI is InChI=1S/C14H21FN2O/c15-14-4-2-1-3-12(14)6-8-17-9-10-18-13(11-17)5-7-16/h1-4,13H,5-11,16H2. The van der Waals surface area contributed by atoms with Gasteiger partial charge in [-0.25, -0.2) is 4.39 Å². The fourth-order valence-corrected chi connectivity index (χ4v) is 2.32. The van der Waals surface area contributed by atoms with Crippen molar-refractivity contribution in [2.24, 2.45) is 5.73 Å². The van der Waals surface area contributed by atoms with Gasteiger partial charge in [0.05, 0.1) is 12.7 Å². The first-order valence-corrected chi connectivity index (χ1v) is 6.57. The Bertz CT molecular complexity index is 371. The van der Waals surface area contributed by atoms with Crippen molar-refractivity contribution >= 4 is 0 Å². The zero-order valence-corrected chi connectivity index (χ0v) is 10.6. The molecule has 0 radical (unpaired) electrons. The molecule has 1 aromatic rings. The Hall–Kier alpha value is -0.970. The molecule has 0 spiro atoms. The van der Waals surface area contributed by atoms with E-state index in [1.165, 1.54) is 6.07 Å². The van der Waals surface area contributed by atoms with Crippen LogP contribution >= 0.6 is 0 Å². The summed E-state index contributed by atoms with van der Waals surface area (Å²) in [6.07, 6.45) is 1.89. The summed E-state index contributed by atoms with van der Waals surface area (Å²) in [5, 5.41) is 0. The lowest BCUT2D eigenvalue weighted by atomic mass is 10.1. The van der Waals surface area contributed by atoms with Crippen molar-refractivity contribution in [3.05, 3.63) is 35.6 Å². The van der Waals surface area contributed by atoms with Crippen LogP contribution in [0.25, 0.3) is 0 Å². The highest BCUT2D eigenvalue weighted by Crippen LogP contribution is 2.11. The summed E-state index contributed by atoms with van der Waals surface area (Å²) in [5.41, 5.74) is 6.33. The fraction of sp³-hybridized carbons (Fsp3) is 0.571. The second-order valence-corrected chi connectivity index (χ2v) is 4.71. The number of nitrogens with zero attached hydrogens (tertiary/aromatic N) is 1. The van der Waals surface area contributed by atoms with Gasteiger partial charge in [0.1, 0.15) is 5.82 Å². The topological polar surface area (TPSA) is 38.5 Å². The van der Waals surface area contributed by atoms with Crippen LogP contribution in [-0.2, 0) is 11.2 Å². The lowest BCUT2D eigenvalue weighted by molar-refractivity contribution is -0.0302. The Labute approximate surface area is 108 Å². The lowest BCUT2D eigenvalue weighted by Gasteiger charge is -2.32. The number of hydrogen-bond acceptors (Lipinski definition) is 3. The number of ether oxygens (including phenoxy) is 1. The van der Waals surface area contributed by atoms with E-state index in [0.29, 0.717) is 6.54 Å². The number of morpholine rings is 1. The minimum absolute atomic E-state index is 0.107. The van der Waals surface area contributed by atoms with Gasteiger partial charge in [-0.2, -0.15) is 0 Å². The van der Waals surface area contributed by atoms with Crippen molar-refractivity contribution in [3.63, 3.8) is 0 Å². The molecule has 1 unspecified atom stereocenters. The average Bonchev–Trinajstić information content (AvgIpc) is 2.39. The second-order valence-electron chi connectivity index (χ2n) is 4.71. The molecule has 1 fully saturated rings. The zero-order valence-electron chi connectivity index (χ0n) is 10.6. The molecule has 0 aliphatic carbocycles. The molecule has 100 valence electrons. The van der Waals surface area contributed by atoms with Crippen LogP contribution in [0.1, 0.15) is 12.0 Å². The van der Waals surface area contributed by atoms with Gasteiger partial charge in [0.2, 0.25) is 0 Å². The van der Waals surface area contributed by atoms with Crippen molar-refractivity contribution in [1.29, 1.82) is 0 Å². The third-order valence-electron chi connectivity index (χ3n) is 3.37. The van der Waals surface area contributed by atoms with Gasteiger partial charge in [0.15, 0.2) is 0 Å². The van der Waals surface area contributed by atoms with E-state index in [0.717, 1.165) is 44.6 Å². The highest BCUT2D eigenvalue weighted by Gasteiger charge is 2.19. The van der Waals surface area contributed by atoms with Gasteiger partial charge in [0.25, 0.3) is 0 Å². The first-order valence-electron chi connectivity index (χ1n) is 6.57. The molecule has 1 aliphatic heterocycles. The summed E-state index contributed by atoms with van der Waals surface area (Å²) in [6.45, 7) is 4.13. The van der Waals surface area contributed by atoms with E-state index in [1.807, 2.05) is 12.1 Å². The predicted octanol–water partition coefficient (Wildman–Crippen LogP) is 1.42. The van der Waals surface area contributed by atoms with E-state index in [4.69, 9.17) is 10.5 Å². The molecule has 18 heavy (non-hydrogen) atoms. The maximum absolute atomic E-state index is 13.5. The van der Waals surface area contributed by atoms with Crippen LogP contribution in [0.5, 0.6) is 0 Å². The van der Waals surface area contributed by atoms with E-state index in [1.54, 1.807) is 6.07 Å². The van der Waals surface area contributed by atoms with Crippen LogP contribution in [0.2, 0.25) is 0 Å². The van der Waals surface area contributed by atoms with Gasteiger partial charge in [-0.1, -0.05) is 18.2 Å². The molecule has 2 N–H and O–H groups in total. The molecule has 4 heteroatoms. The van der Waals surface area contributed by atoms with Gasteiger partial charge in [-0.15, -0.1) is 0 Å². The molecule has 1 saturated heterocycles. The van der Waals surface area contributed by atoms with Crippen molar-refractivity contribution in [2.45, 2.75) is 18.9 Å². The van der Waals surface area contributed by atoms with Gasteiger partial charge in [0, 0.05) is 19.6 Å². The molecule has 2 rings (SSSR count). The van der Waals surface area contributed by atoms with Crippen molar-refractivity contribution in [1.82, 2.24) is 4.90 Å². The van der Waals surface area contributed by atoms with Crippen molar-refractivity contribution < 1.29 is 9.13 Å². The summed E-state index contributed by atoms with van der Waals surface area (Å²) < 4.78 is 19.1. The summed E-state index contributed by atoms with van der Waals surface area (Å²) in [5.74, 6) is -0.107. The highest BCUT2D eigenvalue weighted by atomic mass is 19.1. The first-order chi connectivity index (χ1) is 8.79. The molecular weight excluding hydrogens is 231 g/mol.